The fourth-order valence-corrected chi connectivity index (χ4v) is 3.95. The number of thioether (sulfide) groups is 1. The van der Waals surface area contributed by atoms with Crippen molar-refractivity contribution < 1.29 is 47.0 Å². The van der Waals surface area contributed by atoms with Crippen LogP contribution in [0.3, 0.4) is 0 Å². The van der Waals surface area contributed by atoms with E-state index in [0.717, 1.165) is 24.3 Å². The summed E-state index contributed by atoms with van der Waals surface area (Å²) in [4.78, 5) is 12.7. The Balaban J connectivity index is 2.08. The summed E-state index contributed by atoms with van der Waals surface area (Å²) in [5.74, 6) is -4.61. The van der Waals surface area contributed by atoms with Gasteiger partial charge in [0.15, 0.2) is 0 Å². The quantitative estimate of drug-likeness (QED) is 0.423. The lowest BCUT2D eigenvalue weighted by Crippen LogP contribution is -2.49. The molecule has 0 amide bonds. The van der Waals surface area contributed by atoms with Crippen LogP contribution >= 0.6 is 23.4 Å². The fourth-order valence-electron chi connectivity index (χ4n) is 2.49. The molecule has 0 aromatic heterocycles. The molecule has 2 aromatic rings. The van der Waals surface area contributed by atoms with E-state index in [0.29, 0.717) is 0 Å². The van der Waals surface area contributed by atoms with Crippen LogP contribution in [0, 0.1) is 17.1 Å². The molecule has 1 heterocycles. The minimum Gasteiger partial charge on any atom is -0.456 e. The number of benzene rings is 2. The first kappa shape index (κ1) is 20.6. The smallest absolute Gasteiger partial charge is 0.358 e. The predicted octanol–water partition coefficient (Wildman–Crippen LogP) is 5.66. The van der Waals surface area contributed by atoms with Crippen molar-refractivity contribution in [2.24, 2.45) is 0 Å². The molecule has 13 heteroatoms. The number of halogens is 6. The largest absolute Gasteiger partial charge is 0.456 e. The number of nitrogens with zero attached hydrogens (tertiary/aromatic N) is 1. The molecule has 0 aliphatic carbocycles. The number of rotatable bonds is 6. The van der Waals surface area contributed by atoms with Gasteiger partial charge in [-0.05, 0) is 54.1 Å². The first-order valence-electron chi connectivity index (χ1n) is 6.99. The summed E-state index contributed by atoms with van der Waals surface area (Å²) in [5.41, 5.74) is -0.694. The minimum atomic E-state index is -3.45. The van der Waals surface area contributed by atoms with E-state index in [4.69, 9.17) is 21.6 Å². The van der Waals surface area contributed by atoms with Crippen LogP contribution in [0.2, 0.25) is 5.02 Å². The van der Waals surface area contributed by atoms with Crippen molar-refractivity contribution >= 4 is 23.4 Å². The van der Waals surface area contributed by atoms with Gasteiger partial charge in [0.1, 0.15) is 17.3 Å². The zero-order chi connectivity index (χ0) is 20.5. The number of nitriles is 1. The van der Waals surface area contributed by atoms with E-state index < -0.39 is 27.3 Å². The molecule has 0 atom stereocenters. The topological polar surface area (TPSA) is 69.9 Å². The van der Waals surface area contributed by atoms with Crippen molar-refractivity contribution in [1.29, 1.82) is 5.26 Å². The van der Waals surface area contributed by atoms with Crippen LogP contribution in [-0.2, 0) is 25.6 Å². The second kappa shape index (κ2) is 7.70. The Morgan fingerprint density at radius 3 is 2.25 bits per heavy atom. The van der Waals surface area contributed by atoms with Gasteiger partial charge in [0.25, 0.3) is 0 Å². The molecular formula is C15H5ClF5NO5S. The Kier molecular flexibility index (Phi) is 5.67. The van der Waals surface area contributed by atoms with E-state index in [2.05, 4.69) is 19.8 Å². The van der Waals surface area contributed by atoms with Gasteiger partial charge in [-0.15, -0.1) is 19.8 Å². The Morgan fingerprint density at radius 1 is 1.00 bits per heavy atom. The van der Waals surface area contributed by atoms with E-state index >= 15 is 0 Å². The second-order valence-corrected chi connectivity index (χ2v) is 6.76. The lowest BCUT2D eigenvalue weighted by Gasteiger charge is -2.29. The lowest BCUT2D eigenvalue weighted by atomic mass is 10.1. The summed E-state index contributed by atoms with van der Waals surface area (Å²) in [6.07, 6.45) is 0. The SMILES string of the molecule is N#Cc1cc(F)cc(Oc2ccc3c(c2Cl)SC(OF)(OF)C3(OF)OF)c1. The molecule has 0 saturated carbocycles. The van der Waals surface area contributed by atoms with E-state index in [-0.39, 0.29) is 33.7 Å². The molecule has 0 unspecified atom stereocenters. The Morgan fingerprint density at radius 2 is 1.68 bits per heavy atom. The molecule has 6 nitrogen and oxygen atoms in total. The molecule has 0 saturated heterocycles. The van der Waals surface area contributed by atoms with Gasteiger partial charge >= 0.3 is 10.9 Å². The Bertz CT molecular complexity index is 951. The predicted molar refractivity (Wildman–Crippen MR) is 81.7 cm³/mol. The zero-order valence-corrected chi connectivity index (χ0v) is 14.6. The summed E-state index contributed by atoms with van der Waals surface area (Å²) in [7, 11) is 0. The van der Waals surface area contributed by atoms with E-state index in [1.807, 2.05) is 0 Å². The molecule has 0 spiro atoms. The highest BCUT2D eigenvalue weighted by molar-refractivity contribution is 8.00. The van der Waals surface area contributed by atoms with Crippen molar-refractivity contribution in [3.63, 3.8) is 0 Å². The van der Waals surface area contributed by atoms with Crippen LogP contribution in [0.25, 0.3) is 0 Å². The lowest BCUT2D eigenvalue weighted by molar-refractivity contribution is -0.532. The average Bonchev–Trinajstić information content (AvgIpc) is 3.00. The van der Waals surface area contributed by atoms with Crippen molar-refractivity contribution in [3.05, 3.63) is 52.3 Å². The van der Waals surface area contributed by atoms with Gasteiger partial charge in [0.2, 0.25) is 0 Å². The molecular weight excluding hydrogens is 437 g/mol. The number of fused-ring (bicyclic) bond motifs is 1. The van der Waals surface area contributed by atoms with E-state index in [1.165, 1.54) is 6.07 Å². The Hall–Kier alpha value is -2.14. The molecule has 1 aliphatic heterocycles. The number of hydrogen-bond acceptors (Lipinski definition) is 7. The first-order valence-corrected chi connectivity index (χ1v) is 8.19. The molecule has 148 valence electrons. The summed E-state index contributed by atoms with van der Waals surface area (Å²) in [5, 5.41) is 5.02. The molecule has 0 bridgehead atoms. The van der Waals surface area contributed by atoms with E-state index in [1.54, 1.807) is 6.07 Å². The summed E-state index contributed by atoms with van der Waals surface area (Å²) in [6.45, 7) is 0. The number of ether oxygens (including phenoxy) is 1. The molecule has 28 heavy (non-hydrogen) atoms. The van der Waals surface area contributed by atoms with Crippen LogP contribution in [0.15, 0.2) is 35.2 Å². The van der Waals surface area contributed by atoms with Crippen LogP contribution < -0.4 is 4.74 Å². The van der Waals surface area contributed by atoms with Gasteiger partial charge in [-0.3, -0.25) is 0 Å². The maximum atomic E-state index is 13.5. The molecule has 2 aromatic carbocycles. The third-order valence-corrected chi connectivity index (χ3v) is 5.48. The molecule has 0 fully saturated rings. The zero-order valence-electron chi connectivity index (χ0n) is 13.1. The second-order valence-electron chi connectivity index (χ2n) is 5.23. The summed E-state index contributed by atoms with van der Waals surface area (Å²) in [6, 6.07) is 6.69. The van der Waals surface area contributed by atoms with Gasteiger partial charge < -0.3 is 4.74 Å². The highest BCUT2D eigenvalue weighted by atomic mass is 35.5. The highest BCUT2D eigenvalue weighted by Gasteiger charge is 2.71. The van der Waals surface area contributed by atoms with E-state index in [9.17, 15) is 22.5 Å². The average molecular weight is 442 g/mol. The monoisotopic (exact) mass is 441 g/mol. The maximum absolute atomic E-state index is 13.5. The van der Waals surface area contributed by atoms with Gasteiger partial charge in [0.05, 0.1) is 16.7 Å². The van der Waals surface area contributed by atoms with Crippen molar-refractivity contribution in [1.82, 2.24) is 0 Å². The van der Waals surface area contributed by atoms with Gasteiger partial charge in [-0.1, -0.05) is 11.6 Å². The molecule has 0 radical (unpaired) electrons. The Labute approximate surface area is 161 Å². The molecule has 0 N–H and O–H groups in total. The first-order chi connectivity index (χ1) is 13.4. The number of hydrogen-bond donors (Lipinski definition) is 0. The normalized spacial score (nSPS) is 16.5. The fraction of sp³-hybridized carbons (Fsp3) is 0.133. The highest BCUT2D eigenvalue weighted by Crippen LogP contribution is 2.62. The van der Waals surface area contributed by atoms with Crippen molar-refractivity contribution in [2.75, 3.05) is 0 Å². The molecule has 3 rings (SSSR count). The van der Waals surface area contributed by atoms with Gasteiger partial charge in [-0.2, -0.15) is 5.26 Å². The minimum absolute atomic E-state index is 0.0609. The van der Waals surface area contributed by atoms with Crippen molar-refractivity contribution in [3.8, 4) is 17.6 Å². The third-order valence-electron chi connectivity index (χ3n) is 3.70. The molecule has 1 aliphatic rings. The summed E-state index contributed by atoms with van der Waals surface area (Å²) >= 11 is 6.02. The van der Waals surface area contributed by atoms with Crippen LogP contribution in [0.1, 0.15) is 11.1 Å². The third kappa shape index (κ3) is 2.96. The van der Waals surface area contributed by atoms with Crippen LogP contribution in [0.4, 0.5) is 22.5 Å². The van der Waals surface area contributed by atoms with Gasteiger partial charge in [-0.25, -0.2) is 4.39 Å². The van der Waals surface area contributed by atoms with Crippen LogP contribution in [0.5, 0.6) is 11.5 Å². The van der Waals surface area contributed by atoms with Crippen molar-refractivity contribution in [2.45, 2.75) is 15.8 Å². The maximum Gasteiger partial charge on any atom is 0.358 e. The summed E-state index contributed by atoms with van der Waals surface area (Å²) < 4.78 is 71.0. The van der Waals surface area contributed by atoms with Crippen LogP contribution in [-0.4, -0.2) is 5.12 Å². The van der Waals surface area contributed by atoms with Gasteiger partial charge in [0, 0.05) is 16.5 Å². The standard InChI is InChI=1S/C15H5ClF5NO5S/c16-12-11(23-9-4-7(6-22)3-8(17)5-9)2-1-10-13(12)28-15(26-20,27-21)14(10,24-18)25-19/h1-5H.